The first-order valence-electron chi connectivity index (χ1n) is 22.0. The molecular formula is C47H55F3N6O8S2. The minimum atomic E-state index is -4.95. The van der Waals surface area contributed by atoms with Crippen molar-refractivity contribution in [3.63, 3.8) is 0 Å². The summed E-state index contributed by atoms with van der Waals surface area (Å²) < 4.78 is 84.3. The van der Waals surface area contributed by atoms with Gasteiger partial charge in [0, 0.05) is 46.5 Å². The second kappa shape index (κ2) is 19.6. The number of pyridine rings is 1. The Labute approximate surface area is 386 Å². The van der Waals surface area contributed by atoms with Crippen LogP contribution in [0, 0.1) is 12.8 Å². The lowest BCUT2D eigenvalue weighted by molar-refractivity contribution is -0.274. The standard InChI is InChI=1S/C47H55F3N6O8S2/c1-7-9-10-11-12-16-35(51-30-14-13-15-31(21-30)64-47(48,49)50)44(58)56-25-32(22-38(56)42(57)54-46(24-29(46)8-2)45(59)55-66(60,61)33-17-18-33)63-40-23-36(43-53-37(26-65-43)27(3)4)52-41-28(5)39(62-6)20-19-34(40)41/h7-8,13-15,19-21,23,26-27,29,32-33,35,38,51H,1-2,9-12,16-18,22,24-25H2,3-6H3,(H,54,57)(H,55,59)/t29-,32-,35+,38+,46-/m1/s1. The van der Waals surface area contributed by atoms with Crippen molar-refractivity contribution in [2.75, 3.05) is 19.0 Å². The molecule has 1 saturated heterocycles. The molecule has 14 nitrogen and oxygen atoms in total. The molecule has 2 saturated carbocycles. The van der Waals surface area contributed by atoms with Crippen molar-refractivity contribution in [2.24, 2.45) is 5.92 Å². The first kappa shape index (κ1) is 48.2. The lowest BCUT2D eigenvalue weighted by atomic mass is 10.0. The van der Waals surface area contributed by atoms with Crippen molar-refractivity contribution >= 4 is 55.7 Å². The van der Waals surface area contributed by atoms with Crippen LogP contribution in [0.4, 0.5) is 18.9 Å². The summed E-state index contributed by atoms with van der Waals surface area (Å²) in [5, 5.41) is 8.51. The molecular weight excluding hydrogens is 898 g/mol. The molecule has 19 heteroatoms. The molecule has 0 radical (unpaired) electrons. The normalized spacial score (nSPS) is 21.0. The molecule has 3 amide bonds. The van der Waals surface area contributed by atoms with Crippen LogP contribution in [0.5, 0.6) is 17.2 Å². The number of allylic oxidation sites excluding steroid dienone is 1. The first-order valence-corrected chi connectivity index (χ1v) is 24.4. The zero-order chi connectivity index (χ0) is 47.6. The van der Waals surface area contributed by atoms with E-state index in [2.05, 4.69) is 33.3 Å². The van der Waals surface area contributed by atoms with Crippen LogP contribution in [-0.2, 0) is 24.4 Å². The molecule has 3 heterocycles. The van der Waals surface area contributed by atoms with E-state index in [0.29, 0.717) is 58.8 Å². The number of aryl methyl sites for hydroxylation is 1. The summed E-state index contributed by atoms with van der Waals surface area (Å²) in [6.45, 7) is 13.4. The highest BCUT2D eigenvalue weighted by atomic mass is 32.2. The van der Waals surface area contributed by atoms with Crippen molar-refractivity contribution in [2.45, 2.75) is 120 Å². The van der Waals surface area contributed by atoms with E-state index in [1.54, 1.807) is 25.3 Å². The molecule has 4 aromatic rings. The van der Waals surface area contributed by atoms with Crippen LogP contribution in [0.2, 0.25) is 0 Å². The second-order valence-electron chi connectivity index (χ2n) is 17.4. The number of benzene rings is 2. The number of alkyl halides is 3. The van der Waals surface area contributed by atoms with Gasteiger partial charge in [0.05, 0.1) is 30.1 Å². The monoisotopic (exact) mass is 952 g/mol. The van der Waals surface area contributed by atoms with E-state index < -0.39 is 74.8 Å². The van der Waals surface area contributed by atoms with E-state index in [4.69, 9.17) is 19.4 Å². The number of ether oxygens (including phenoxy) is 3. The smallest absolute Gasteiger partial charge is 0.496 e. The molecule has 2 aliphatic carbocycles. The largest absolute Gasteiger partial charge is 0.573 e. The number of nitrogens with one attached hydrogen (secondary N) is 3. The number of likely N-dealkylation sites (tertiary alicyclic amines) is 1. The molecule has 2 aromatic carbocycles. The quantitative estimate of drug-likeness (QED) is 0.0541. The van der Waals surface area contributed by atoms with Crippen molar-refractivity contribution in [1.82, 2.24) is 24.9 Å². The molecule has 0 unspecified atom stereocenters. The summed E-state index contributed by atoms with van der Waals surface area (Å²) in [7, 11) is -2.41. The second-order valence-corrected chi connectivity index (χ2v) is 20.2. The average molecular weight is 953 g/mol. The number of hydrogen-bond donors (Lipinski definition) is 3. The first-order chi connectivity index (χ1) is 31.4. The van der Waals surface area contributed by atoms with Crippen LogP contribution >= 0.6 is 11.3 Å². The average Bonchev–Trinajstić information content (AvgIpc) is 4.15. The topological polar surface area (TPSA) is 178 Å². The number of thiazole rings is 1. The third-order valence-corrected chi connectivity index (χ3v) is 14.9. The Balaban J connectivity index is 1.24. The molecule has 3 aliphatic rings. The highest BCUT2D eigenvalue weighted by molar-refractivity contribution is 7.91. The van der Waals surface area contributed by atoms with E-state index in [9.17, 15) is 31.2 Å². The summed E-state index contributed by atoms with van der Waals surface area (Å²) >= 11 is 1.44. The fourth-order valence-electron chi connectivity index (χ4n) is 8.31. The number of hydrogen-bond acceptors (Lipinski definition) is 12. The number of amides is 3. The van der Waals surface area contributed by atoms with Gasteiger partial charge in [-0.15, -0.1) is 37.7 Å². The van der Waals surface area contributed by atoms with E-state index in [1.807, 2.05) is 32.2 Å². The Morgan fingerprint density at radius 3 is 2.48 bits per heavy atom. The van der Waals surface area contributed by atoms with Gasteiger partial charge >= 0.3 is 6.36 Å². The molecule has 0 spiro atoms. The fourth-order valence-corrected chi connectivity index (χ4v) is 10.6. The van der Waals surface area contributed by atoms with Gasteiger partial charge in [-0.3, -0.25) is 19.1 Å². The zero-order valence-electron chi connectivity index (χ0n) is 37.3. The maximum absolute atomic E-state index is 15.0. The van der Waals surface area contributed by atoms with Crippen LogP contribution in [-0.4, -0.2) is 90.0 Å². The zero-order valence-corrected chi connectivity index (χ0v) is 38.9. The summed E-state index contributed by atoms with van der Waals surface area (Å²) in [6, 6.07) is 8.30. The van der Waals surface area contributed by atoms with Crippen LogP contribution in [0.3, 0.4) is 0 Å². The van der Waals surface area contributed by atoms with Crippen LogP contribution in [0.25, 0.3) is 21.6 Å². The van der Waals surface area contributed by atoms with Crippen LogP contribution < -0.4 is 29.6 Å². The Morgan fingerprint density at radius 2 is 1.83 bits per heavy atom. The molecule has 3 fully saturated rings. The molecule has 2 aromatic heterocycles. The number of anilines is 1. The van der Waals surface area contributed by atoms with E-state index in [-0.39, 0.29) is 37.4 Å². The minimum absolute atomic E-state index is 0.0433. The van der Waals surface area contributed by atoms with Gasteiger partial charge in [0.15, 0.2) is 0 Å². The predicted molar refractivity (Wildman–Crippen MR) is 246 cm³/mol. The van der Waals surface area contributed by atoms with Gasteiger partial charge in [0.25, 0.3) is 5.91 Å². The number of fused-ring (bicyclic) bond motifs is 1. The lowest BCUT2D eigenvalue weighted by Crippen LogP contribution is -2.57. The molecule has 354 valence electrons. The van der Waals surface area contributed by atoms with Crippen LogP contribution in [0.15, 0.2) is 73.2 Å². The van der Waals surface area contributed by atoms with Crippen molar-refractivity contribution in [3.05, 3.63) is 84.4 Å². The number of methoxy groups -OCH3 is 1. The van der Waals surface area contributed by atoms with Gasteiger partial charge in [0.2, 0.25) is 21.8 Å². The molecule has 5 atom stereocenters. The minimum Gasteiger partial charge on any atom is -0.496 e. The summed E-state index contributed by atoms with van der Waals surface area (Å²) in [5.74, 6) is -2.03. The maximum Gasteiger partial charge on any atom is 0.573 e. The number of halogens is 3. The number of carbonyl (C=O) groups excluding carboxylic acids is 3. The maximum atomic E-state index is 15.0. The number of aromatic nitrogens is 2. The fraction of sp³-hybridized carbons (Fsp3) is 0.468. The highest BCUT2D eigenvalue weighted by Crippen LogP contribution is 2.46. The molecule has 1 aliphatic heterocycles. The Kier molecular flexibility index (Phi) is 14.4. The third kappa shape index (κ3) is 10.9. The van der Waals surface area contributed by atoms with Gasteiger partial charge in [0.1, 0.15) is 51.7 Å². The van der Waals surface area contributed by atoms with Crippen molar-refractivity contribution < 1.29 is 50.2 Å². The Hall–Kier alpha value is -5.69. The van der Waals surface area contributed by atoms with E-state index >= 15 is 4.79 Å². The predicted octanol–water partition coefficient (Wildman–Crippen LogP) is 8.33. The highest BCUT2D eigenvalue weighted by Gasteiger charge is 2.62. The van der Waals surface area contributed by atoms with E-state index in [0.717, 1.165) is 36.2 Å². The van der Waals surface area contributed by atoms with Gasteiger partial charge in [-0.25, -0.2) is 18.4 Å². The van der Waals surface area contributed by atoms with Crippen LogP contribution in [0.1, 0.15) is 88.8 Å². The van der Waals surface area contributed by atoms with Gasteiger partial charge < -0.3 is 29.7 Å². The molecule has 7 rings (SSSR count). The van der Waals surface area contributed by atoms with Crippen molar-refractivity contribution in [3.8, 4) is 28.0 Å². The van der Waals surface area contributed by atoms with Gasteiger partial charge in [-0.05, 0) is 75.6 Å². The van der Waals surface area contributed by atoms with E-state index in [1.165, 1.54) is 34.4 Å². The van der Waals surface area contributed by atoms with Crippen molar-refractivity contribution in [1.29, 1.82) is 0 Å². The Bertz CT molecular complexity index is 2600. The third-order valence-electron chi connectivity index (χ3n) is 12.2. The summed E-state index contributed by atoms with van der Waals surface area (Å²) in [4.78, 5) is 54.7. The number of carbonyl (C=O) groups is 3. The SMILES string of the molecule is C=CCCCCC[C@H](Nc1cccc(OC(F)(F)F)c1)C(=O)N1C[C@H](Oc2cc(-c3nc(C(C)C)cs3)nc3c(C)c(OC)ccc23)C[C@H]1C(=O)N[C@]1(C(=O)NS(=O)(=O)C2CC2)C[C@H]1C=C. The summed E-state index contributed by atoms with van der Waals surface area (Å²) in [6.07, 6.45) is 1.44. The summed E-state index contributed by atoms with van der Waals surface area (Å²) in [5.41, 5.74) is 1.34. The molecule has 66 heavy (non-hydrogen) atoms. The van der Waals surface area contributed by atoms with Gasteiger partial charge in [-0.2, -0.15) is 0 Å². The number of rotatable bonds is 21. The Morgan fingerprint density at radius 1 is 1.06 bits per heavy atom. The number of unbranched alkanes of at least 4 members (excludes halogenated alkanes) is 3. The van der Waals surface area contributed by atoms with Gasteiger partial charge in [-0.1, -0.05) is 44.9 Å². The molecule has 0 bridgehead atoms. The molecule has 3 N–H and O–H groups in total. The lowest BCUT2D eigenvalue weighted by Gasteiger charge is -2.30. The number of nitrogens with zero attached hydrogens (tertiary/aromatic N) is 3. The number of sulfonamides is 1.